The first-order chi connectivity index (χ1) is 14.9. The molecule has 162 valence electrons. The number of rotatable bonds is 8. The molecule has 0 radical (unpaired) electrons. The third-order valence-corrected chi connectivity index (χ3v) is 4.95. The van der Waals surface area contributed by atoms with Crippen LogP contribution in [-0.2, 0) is 13.1 Å². The highest BCUT2D eigenvalue weighted by Crippen LogP contribution is 2.15. The normalized spacial score (nSPS) is 11.5. The van der Waals surface area contributed by atoms with Crippen LogP contribution in [0.15, 0.2) is 53.0 Å². The number of aromatic nitrogens is 3. The molecule has 0 aliphatic heterocycles. The van der Waals surface area contributed by atoms with Crippen molar-refractivity contribution in [2.24, 2.45) is 10.8 Å². The minimum absolute atomic E-state index is 0.0560. The van der Waals surface area contributed by atoms with E-state index in [-0.39, 0.29) is 22.0 Å². The summed E-state index contributed by atoms with van der Waals surface area (Å²) >= 11 is 4.76. The van der Waals surface area contributed by atoms with Crippen LogP contribution in [0.2, 0.25) is 0 Å². The lowest BCUT2D eigenvalue weighted by molar-refractivity contribution is 0.0951. The fourth-order valence-corrected chi connectivity index (χ4v) is 3.27. The zero-order valence-electron chi connectivity index (χ0n) is 17.5. The minimum atomic E-state index is -0.384. The van der Waals surface area contributed by atoms with Gasteiger partial charge in [-0.2, -0.15) is 5.10 Å². The molecule has 31 heavy (non-hydrogen) atoms. The summed E-state index contributed by atoms with van der Waals surface area (Å²) in [6.45, 7) is 5.55. The molecule has 9 nitrogen and oxygen atoms in total. The molecule has 1 amide bonds. The van der Waals surface area contributed by atoms with Gasteiger partial charge in [0, 0.05) is 43.6 Å². The number of pyridine rings is 1. The summed E-state index contributed by atoms with van der Waals surface area (Å²) in [6, 6.07) is 5.45. The molecule has 4 N–H and O–H groups in total. The van der Waals surface area contributed by atoms with Crippen LogP contribution in [-0.4, -0.2) is 37.4 Å². The van der Waals surface area contributed by atoms with E-state index in [1.165, 1.54) is 0 Å². The largest absolute Gasteiger partial charge is 0.375 e. The molecule has 0 atom stereocenters. The van der Waals surface area contributed by atoms with E-state index in [4.69, 9.17) is 18.0 Å². The number of nitrogens with two attached hydrogens (primary N) is 1. The Hall–Kier alpha value is -3.53. The van der Waals surface area contributed by atoms with Crippen molar-refractivity contribution in [3.05, 3.63) is 64.5 Å². The molecule has 0 aliphatic rings. The molecule has 0 aliphatic carbocycles. The number of carbonyl (C=O) groups excluding carboxylic acids is 1. The SMILES string of the molecule is CCn1cc(C(=O)NCCCn2ccnc2)c(=O)c2cc(/C(C)=N/NC(N)=S)ccc21. The quantitative estimate of drug-likeness (QED) is 0.212. The lowest BCUT2D eigenvalue weighted by Crippen LogP contribution is -2.31. The Morgan fingerprint density at radius 3 is 2.84 bits per heavy atom. The van der Waals surface area contributed by atoms with Crippen LogP contribution >= 0.6 is 12.2 Å². The molecule has 1 aromatic carbocycles. The highest BCUT2D eigenvalue weighted by molar-refractivity contribution is 7.80. The van der Waals surface area contributed by atoms with Gasteiger partial charge in [-0.1, -0.05) is 6.07 Å². The monoisotopic (exact) mass is 439 g/mol. The van der Waals surface area contributed by atoms with Crippen LogP contribution in [0.1, 0.15) is 36.2 Å². The van der Waals surface area contributed by atoms with Crippen LogP contribution in [0.4, 0.5) is 0 Å². The van der Waals surface area contributed by atoms with E-state index in [0.717, 1.165) is 24.0 Å². The summed E-state index contributed by atoms with van der Waals surface area (Å²) in [7, 11) is 0. The van der Waals surface area contributed by atoms with Gasteiger partial charge >= 0.3 is 0 Å². The Kier molecular flexibility index (Phi) is 7.14. The maximum absolute atomic E-state index is 13.1. The zero-order chi connectivity index (χ0) is 22.4. The maximum Gasteiger partial charge on any atom is 0.256 e. The number of fused-ring (bicyclic) bond motifs is 1. The van der Waals surface area contributed by atoms with Crippen LogP contribution in [0.3, 0.4) is 0 Å². The van der Waals surface area contributed by atoms with Crippen molar-refractivity contribution in [1.29, 1.82) is 0 Å². The summed E-state index contributed by atoms with van der Waals surface area (Å²) in [6.07, 6.45) is 7.65. The van der Waals surface area contributed by atoms with Gasteiger partial charge in [-0.3, -0.25) is 15.0 Å². The molecule has 0 spiro atoms. The van der Waals surface area contributed by atoms with Crippen LogP contribution in [0.25, 0.3) is 10.9 Å². The lowest BCUT2D eigenvalue weighted by Gasteiger charge is -2.13. The number of amides is 1. The predicted octanol–water partition coefficient (Wildman–Crippen LogP) is 1.60. The minimum Gasteiger partial charge on any atom is -0.375 e. The third kappa shape index (κ3) is 5.34. The van der Waals surface area contributed by atoms with Crippen molar-refractivity contribution in [1.82, 2.24) is 24.9 Å². The van der Waals surface area contributed by atoms with Gasteiger partial charge in [0.1, 0.15) is 5.56 Å². The Balaban J connectivity index is 1.86. The Morgan fingerprint density at radius 1 is 1.35 bits per heavy atom. The Bertz CT molecular complexity index is 1180. The number of nitrogens with zero attached hydrogens (tertiary/aromatic N) is 4. The number of imidazole rings is 1. The summed E-state index contributed by atoms with van der Waals surface area (Å²) < 4.78 is 3.82. The van der Waals surface area contributed by atoms with Gasteiger partial charge in [0.05, 0.1) is 17.6 Å². The van der Waals surface area contributed by atoms with Gasteiger partial charge in [0.15, 0.2) is 5.11 Å². The first-order valence-electron chi connectivity index (χ1n) is 9.92. The summed E-state index contributed by atoms with van der Waals surface area (Å²) in [4.78, 5) is 29.8. The molecule has 10 heteroatoms. The first-order valence-corrected chi connectivity index (χ1v) is 10.3. The average Bonchev–Trinajstić information content (AvgIpc) is 3.28. The second kappa shape index (κ2) is 9.98. The van der Waals surface area contributed by atoms with Crippen molar-refractivity contribution >= 4 is 39.9 Å². The number of hydrazone groups is 1. The van der Waals surface area contributed by atoms with Crippen molar-refractivity contribution in [3.63, 3.8) is 0 Å². The molecule has 0 saturated heterocycles. The van der Waals surface area contributed by atoms with Crippen LogP contribution in [0.5, 0.6) is 0 Å². The smallest absolute Gasteiger partial charge is 0.256 e. The highest BCUT2D eigenvalue weighted by atomic mass is 32.1. The average molecular weight is 440 g/mol. The number of nitrogens with one attached hydrogen (secondary N) is 2. The second-order valence-corrected chi connectivity index (χ2v) is 7.41. The number of hydrogen-bond acceptors (Lipinski definition) is 5. The van der Waals surface area contributed by atoms with E-state index in [9.17, 15) is 9.59 Å². The Labute approximate surface area is 185 Å². The number of benzene rings is 1. The fraction of sp³-hybridized carbons (Fsp3) is 0.286. The summed E-state index contributed by atoms with van der Waals surface area (Å²) in [5.74, 6) is -0.384. The molecule has 0 bridgehead atoms. The van der Waals surface area contributed by atoms with E-state index in [0.29, 0.717) is 24.2 Å². The molecule has 2 aromatic heterocycles. The molecule has 0 fully saturated rings. The third-order valence-electron chi connectivity index (χ3n) is 4.85. The number of carbonyl (C=O) groups is 1. The molecular weight excluding hydrogens is 414 g/mol. The van der Waals surface area contributed by atoms with Crippen molar-refractivity contribution in [2.45, 2.75) is 33.4 Å². The van der Waals surface area contributed by atoms with Crippen molar-refractivity contribution < 1.29 is 4.79 Å². The molecule has 2 heterocycles. The van der Waals surface area contributed by atoms with Gasteiger partial charge in [-0.15, -0.1) is 0 Å². The van der Waals surface area contributed by atoms with Crippen molar-refractivity contribution in [2.75, 3.05) is 6.54 Å². The fourth-order valence-electron chi connectivity index (χ4n) is 3.23. The highest BCUT2D eigenvalue weighted by Gasteiger charge is 2.16. The maximum atomic E-state index is 13.1. The predicted molar refractivity (Wildman–Crippen MR) is 125 cm³/mol. The van der Waals surface area contributed by atoms with Gasteiger partial charge < -0.3 is 20.2 Å². The lowest BCUT2D eigenvalue weighted by atomic mass is 10.0. The summed E-state index contributed by atoms with van der Waals surface area (Å²) in [5, 5.41) is 7.46. The molecule has 3 aromatic rings. The van der Waals surface area contributed by atoms with E-state index in [1.807, 2.05) is 34.4 Å². The van der Waals surface area contributed by atoms with Crippen molar-refractivity contribution in [3.8, 4) is 0 Å². The van der Waals surface area contributed by atoms with Gasteiger partial charge in [0.25, 0.3) is 5.91 Å². The summed E-state index contributed by atoms with van der Waals surface area (Å²) in [5.41, 5.74) is 9.85. The number of hydrogen-bond donors (Lipinski definition) is 3. The first kappa shape index (κ1) is 22.2. The van der Waals surface area contributed by atoms with Crippen LogP contribution in [0, 0.1) is 0 Å². The standard InChI is InChI=1S/C21H25N7O2S/c1-3-28-12-17(20(30)24-7-4-9-27-10-8-23-13-27)19(29)16-11-15(5-6-18(16)28)14(2)25-26-21(22)31/h5-6,8,10-13H,3-4,7,9H2,1-2H3,(H,24,30)(H3,22,26,31)/b25-14+. The van der Waals surface area contributed by atoms with Gasteiger partial charge in [-0.05, 0) is 50.2 Å². The second-order valence-electron chi connectivity index (χ2n) is 6.97. The molecule has 0 unspecified atom stereocenters. The Morgan fingerprint density at radius 2 is 2.16 bits per heavy atom. The number of thiocarbonyl (C=S) groups is 1. The van der Waals surface area contributed by atoms with E-state index >= 15 is 0 Å². The number of aryl methyl sites for hydroxylation is 2. The van der Waals surface area contributed by atoms with E-state index in [1.54, 1.807) is 31.7 Å². The molecule has 0 saturated carbocycles. The van der Waals surface area contributed by atoms with E-state index < -0.39 is 0 Å². The zero-order valence-corrected chi connectivity index (χ0v) is 18.3. The molecular formula is C21H25N7O2S. The van der Waals surface area contributed by atoms with Gasteiger partial charge in [0.2, 0.25) is 5.43 Å². The topological polar surface area (TPSA) is 119 Å². The van der Waals surface area contributed by atoms with Crippen LogP contribution < -0.4 is 21.9 Å². The van der Waals surface area contributed by atoms with Gasteiger partial charge in [-0.25, -0.2) is 4.98 Å². The van der Waals surface area contributed by atoms with E-state index in [2.05, 4.69) is 20.8 Å². The molecule has 3 rings (SSSR count).